The van der Waals surface area contributed by atoms with Crippen LogP contribution in [-0.2, 0) is 14.6 Å². The van der Waals surface area contributed by atoms with Crippen molar-refractivity contribution < 1.29 is 13.2 Å². The minimum absolute atomic E-state index is 0.00500. The summed E-state index contributed by atoms with van der Waals surface area (Å²) in [5, 5.41) is 5.74. The summed E-state index contributed by atoms with van der Waals surface area (Å²) < 4.78 is 22.8. The molecule has 5 nitrogen and oxygen atoms in total. The van der Waals surface area contributed by atoms with Gasteiger partial charge in [0.05, 0.1) is 16.5 Å². The molecule has 1 aliphatic rings. The Morgan fingerprint density at radius 2 is 2.06 bits per heavy atom. The van der Waals surface area contributed by atoms with E-state index in [9.17, 15) is 13.2 Å². The van der Waals surface area contributed by atoms with Gasteiger partial charge in [0.15, 0.2) is 9.84 Å². The first kappa shape index (κ1) is 14.4. The molecule has 0 aliphatic carbocycles. The topological polar surface area (TPSA) is 75.3 Å². The highest BCUT2D eigenvalue weighted by molar-refractivity contribution is 7.92. The number of nitrogens with one attached hydrogen (secondary N) is 2. The molecule has 0 bridgehead atoms. The minimum atomic E-state index is -3.15. The molecule has 1 aliphatic heterocycles. The summed E-state index contributed by atoms with van der Waals surface area (Å²) in [6.45, 7) is 6.06. The summed E-state index contributed by atoms with van der Waals surface area (Å²) in [7, 11) is -3.15. The first-order valence-corrected chi connectivity index (χ1v) is 7.63. The van der Waals surface area contributed by atoms with Crippen molar-refractivity contribution in [3.63, 3.8) is 0 Å². The van der Waals surface area contributed by atoms with Crippen molar-refractivity contribution in [1.82, 2.24) is 10.6 Å². The molecule has 17 heavy (non-hydrogen) atoms. The predicted octanol–water partition coefficient (Wildman–Crippen LogP) is 0.0679. The van der Waals surface area contributed by atoms with Crippen LogP contribution < -0.4 is 10.6 Å². The third kappa shape index (κ3) is 3.96. The van der Waals surface area contributed by atoms with Gasteiger partial charge in [0, 0.05) is 6.54 Å². The van der Waals surface area contributed by atoms with Crippen LogP contribution in [-0.4, -0.2) is 44.0 Å². The highest BCUT2D eigenvalue weighted by Gasteiger charge is 2.29. The van der Waals surface area contributed by atoms with Gasteiger partial charge in [0.1, 0.15) is 0 Å². The lowest BCUT2D eigenvalue weighted by Gasteiger charge is -2.19. The SMILES string of the molecule is CC(C)(C)S(=O)(=O)CCNC(=O)C1CCCN1. The summed E-state index contributed by atoms with van der Waals surface area (Å²) >= 11 is 0. The zero-order chi connectivity index (χ0) is 13.1. The molecular formula is C11H22N2O3S. The van der Waals surface area contributed by atoms with E-state index in [1.807, 2.05) is 0 Å². The summed E-state index contributed by atoms with van der Waals surface area (Å²) in [6, 6.07) is -0.146. The van der Waals surface area contributed by atoms with Gasteiger partial charge >= 0.3 is 0 Å². The van der Waals surface area contributed by atoms with Gasteiger partial charge in [-0.05, 0) is 40.2 Å². The van der Waals surface area contributed by atoms with Gasteiger partial charge in [-0.15, -0.1) is 0 Å². The molecule has 0 saturated carbocycles. The summed E-state index contributed by atoms with van der Waals surface area (Å²) in [4.78, 5) is 11.6. The second-order valence-corrected chi connectivity index (χ2v) is 8.23. The van der Waals surface area contributed by atoms with Gasteiger partial charge in [-0.25, -0.2) is 8.42 Å². The van der Waals surface area contributed by atoms with Crippen LogP contribution >= 0.6 is 0 Å². The van der Waals surface area contributed by atoms with Crippen LogP contribution in [0, 0.1) is 0 Å². The van der Waals surface area contributed by atoms with Gasteiger partial charge < -0.3 is 10.6 Å². The zero-order valence-corrected chi connectivity index (χ0v) is 11.6. The Labute approximate surface area is 103 Å². The maximum atomic E-state index is 11.8. The first-order chi connectivity index (χ1) is 7.74. The maximum absolute atomic E-state index is 11.8. The van der Waals surface area contributed by atoms with Crippen molar-refractivity contribution >= 4 is 15.7 Å². The lowest BCUT2D eigenvalue weighted by atomic mass is 10.2. The van der Waals surface area contributed by atoms with E-state index in [1.54, 1.807) is 20.8 Å². The minimum Gasteiger partial charge on any atom is -0.354 e. The third-order valence-corrected chi connectivity index (χ3v) is 5.59. The van der Waals surface area contributed by atoms with E-state index in [0.717, 1.165) is 19.4 Å². The molecule has 0 radical (unpaired) electrons. The number of carbonyl (C=O) groups is 1. The van der Waals surface area contributed by atoms with Gasteiger partial charge in [-0.2, -0.15) is 0 Å². The van der Waals surface area contributed by atoms with Crippen LogP contribution in [0.5, 0.6) is 0 Å². The number of sulfone groups is 1. The molecule has 2 N–H and O–H groups in total. The van der Waals surface area contributed by atoms with Crippen LogP contribution in [0.2, 0.25) is 0 Å². The lowest BCUT2D eigenvalue weighted by molar-refractivity contribution is -0.122. The lowest BCUT2D eigenvalue weighted by Crippen LogP contribution is -2.43. The molecule has 1 unspecified atom stereocenters. The van der Waals surface area contributed by atoms with Crippen molar-refractivity contribution in [2.24, 2.45) is 0 Å². The van der Waals surface area contributed by atoms with Crippen LogP contribution in [0.25, 0.3) is 0 Å². The molecule has 0 spiro atoms. The zero-order valence-electron chi connectivity index (χ0n) is 10.7. The number of hydrogen-bond donors (Lipinski definition) is 2. The normalized spacial score (nSPS) is 21.5. The summed E-state index contributed by atoms with van der Waals surface area (Å²) in [5.41, 5.74) is 0. The number of amides is 1. The van der Waals surface area contributed by atoms with Crippen molar-refractivity contribution in [1.29, 1.82) is 0 Å². The number of rotatable bonds is 4. The largest absolute Gasteiger partial charge is 0.354 e. The molecule has 1 amide bonds. The fourth-order valence-electron chi connectivity index (χ4n) is 1.65. The van der Waals surface area contributed by atoms with E-state index >= 15 is 0 Å². The van der Waals surface area contributed by atoms with E-state index in [1.165, 1.54) is 0 Å². The Hall–Kier alpha value is -0.620. The molecule has 1 rings (SSSR count). The summed E-state index contributed by atoms with van der Waals surface area (Å²) in [6.07, 6.45) is 1.83. The molecule has 6 heteroatoms. The van der Waals surface area contributed by atoms with Crippen LogP contribution in [0.3, 0.4) is 0 Å². The molecule has 1 saturated heterocycles. The Balaban J connectivity index is 2.35. The van der Waals surface area contributed by atoms with Gasteiger partial charge in [-0.1, -0.05) is 0 Å². The maximum Gasteiger partial charge on any atom is 0.237 e. The molecule has 100 valence electrons. The highest BCUT2D eigenvalue weighted by Crippen LogP contribution is 2.15. The average molecular weight is 262 g/mol. The Bertz CT molecular complexity index is 365. The second-order valence-electron chi connectivity index (χ2n) is 5.37. The molecule has 0 aromatic rings. The van der Waals surface area contributed by atoms with Gasteiger partial charge in [-0.3, -0.25) is 4.79 Å². The molecular weight excluding hydrogens is 240 g/mol. The molecule has 0 aromatic heterocycles. The highest BCUT2D eigenvalue weighted by atomic mass is 32.2. The van der Waals surface area contributed by atoms with Crippen molar-refractivity contribution in [2.45, 2.75) is 44.4 Å². The van der Waals surface area contributed by atoms with Crippen molar-refractivity contribution in [3.8, 4) is 0 Å². The van der Waals surface area contributed by atoms with Gasteiger partial charge in [0.25, 0.3) is 0 Å². The summed E-state index contributed by atoms with van der Waals surface area (Å²) in [5.74, 6) is -0.0961. The Morgan fingerprint density at radius 1 is 1.41 bits per heavy atom. The Morgan fingerprint density at radius 3 is 2.53 bits per heavy atom. The van der Waals surface area contributed by atoms with E-state index in [-0.39, 0.29) is 24.2 Å². The van der Waals surface area contributed by atoms with Crippen LogP contribution in [0.4, 0.5) is 0 Å². The Kier molecular flexibility index (Phi) is 4.55. The van der Waals surface area contributed by atoms with Crippen LogP contribution in [0.15, 0.2) is 0 Å². The first-order valence-electron chi connectivity index (χ1n) is 5.97. The third-order valence-electron chi connectivity index (χ3n) is 2.98. The van der Waals surface area contributed by atoms with E-state index in [0.29, 0.717) is 0 Å². The predicted molar refractivity (Wildman–Crippen MR) is 67.6 cm³/mol. The molecule has 1 atom stereocenters. The molecule has 0 aromatic carbocycles. The van der Waals surface area contributed by atoms with E-state index < -0.39 is 14.6 Å². The molecule has 1 fully saturated rings. The fraction of sp³-hybridized carbons (Fsp3) is 0.909. The van der Waals surface area contributed by atoms with E-state index in [2.05, 4.69) is 10.6 Å². The monoisotopic (exact) mass is 262 g/mol. The van der Waals surface area contributed by atoms with Crippen LogP contribution in [0.1, 0.15) is 33.6 Å². The molecule has 1 heterocycles. The van der Waals surface area contributed by atoms with Crippen molar-refractivity contribution in [3.05, 3.63) is 0 Å². The fourth-order valence-corrected chi connectivity index (χ4v) is 2.63. The number of hydrogen-bond acceptors (Lipinski definition) is 4. The average Bonchev–Trinajstić information content (AvgIpc) is 2.67. The van der Waals surface area contributed by atoms with Crippen molar-refractivity contribution in [2.75, 3.05) is 18.8 Å². The standard InChI is InChI=1S/C11H22N2O3S/c1-11(2,3)17(15,16)8-7-13-10(14)9-5-4-6-12-9/h9,12H,4-8H2,1-3H3,(H,13,14). The quantitative estimate of drug-likeness (QED) is 0.752. The number of carbonyl (C=O) groups excluding carboxylic acids is 1. The smallest absolute Gasteiger partial charge is 0.237 e. The second kappa shape index (κ2) is 5.35. The van der Waals surface area contributed by atoms with Gasteiger partial charge in [0.2, 0.25) is 5.91 Å². The van der Waals surface area contributed by atoms with E-state index in [4.69, 9.17) is 0 Å².